The number of anilines is 1. The standard InChI is InChI=1S/C37H43F2NO9S/c1-48-37-35(44)32(43)19-28(49-37)20-50(46,47)33-18-23(21-4-13-27(41)14-5-21)6-15-29(33)34-30(16-17-31(42)22-2-7-24(38)8-3-22)36(45)40(34)26-11-9-25(39)10-12-26/h2-3,6-12,15,18,21,27-28,30-32,34-35,37,41-44H,4-5,13-14,16-17,19-20H2,1H3/t21?,27?,28?,30-,31+,32-,34-,35+,37-/m1/s1. The lowest BCUT2D eigenvalue weighted by Gasteiger charge is -2.48. The summed E-state index contributed by atoms with van der Waals surface area (Å²) in [4.78, 5) is 15.2. The van der Waals surface area contributed by atoms with E-state index in [1.807, 2.05) is 6.07 Å². The van der Waals surface area contributed by atoms with Crippen molar-refractivity contribution < 1.29 is 51.9 Å². The molecule has 3 fully saturated rings. The van der Waals surface area contributed by atoms with E-state index < -0.39 is 76.0 Å². The number of ether oxygens (including phenoxy) is 2. The van der Waals surface area contributed by atoms with Gasteiger partial charge in [0, 0.05) is 19.2 Å². The van der Waals surface area contributed by atoms with Gasteiger partial charge in [-0.05, 0) is 104 Å². The lowest BCUT2D eigenvalue weighted by atomic mass is 9.77. The summed E-state index contributed by atoms with van der Waals surface area (Å²) in [6.45, 7) is 0. The first-order valence-electron chi connectivity index (χ1n) is 17.0. The van der Waals surface area contributed by atoms with Crippen LogP contribution in [0.5, 0.6) is 0 Å². The van der Waals surface area contributed by atoms with Crippen LogP contribution in [0.2, 0.25) is 0 Å². The van der Waals surface area contributed by atoms with Crippen LogP contribution in [-0.2, 0) is 24.1 Å². The van der Waals surface area contributed by atoms with Crippen LogP contribution in [0, 0.1) is 17.6 Å². The molecule has 1 unspecified atom stereocenters. The van der Waals surface area contributed by atoms with Gasteiger partial charge in [0.25, 0.3) is 0 Å². The molecule has 2 heterocycles. The maximum absolute atomic E-state index is 14.5. The molecule has 2 saturated heterocycles. The van der Waals surface area contributed by atoms with Gasteiger partial charge in [-0.3, -0.25) is 4.79 Å². The Bertz CT molecular complexity index is 1750. The predicted octanol–water partition coefficient (Wildman–Crippen LogP) is 4.46. The lowest BCUT2D eigenvalue weighted by Crippen LogP contribution is -2.55. The molecule has 0 spiro atoms. The molecule has 6 rings (SSSR count). The highest BCUT2D eigenvalue weighted by molar-refractivity contribution is 7.91. The Morgan fingerprint density at radius 1 is 0.940 bits per heavy atom. The second-order valence-corrected chi connectivity index (χ2v) is 15.6. The van der Waals surface area contributed by atoms with E-state index in [1.54, 1.807) is 12.1 Å². The molecule has 3 aromatic rings. The van der Waals surface area contributed by atoms with Gasteiger partial charge in [0.1, 0.15) is 17.7 Å². The fourth-order valence-corrected chi connectivity index (χ4v) is 9.29. The number of β-lactam (4-membered cyclic amide) rings is 1. The number of amides is 1. The summed E-state index contributed by atoms with van der Waals surface area (Å²) in [6.07, 6.45) is -3.63. The van der Waals surface area contributed by atoms with E-state index in [9.17, 15) is 42.4 Å². The molecule has 1 saturated carbocycles. The number of aliphatic hydroxyl groups is 4. The highest BCUT2D eigenvalue weighted by Gasteiger charge is 2.50. The number of carbonyl (C=O) groups is 1. The third kappa shape index (κ3) is 7.64. The number of nitrogens with zero attached hydrogens (tertiary/aromatic N) is 1. The second kappa shape index (κ2) is 15.1. The first-order chi connectivity index (χ1) is 23.9. The number of halogens is 2. The normalized spacial score (nSPS) is 29.4. The zero-order valence-electron chi connectivity index (χ0n) is 27.6. The summed E-state index contributed by atoms with van der Waals surface area (Å²) >= 11 is 0. The van der Waals surface area contributed by atoms with Crippen molar-refractivity contribution in [2.24, 2.45) is 5.92 Å². The summed E-state index contributed by atoms with van der Waals surface area (Å²) in [5.41, 5.74) is 1.97. The number of hydrogen-bond donors (Lipinski definition) is 4. The minimum atomic E-state index is -4.19. The average molecular weight is 716 g/mol. The van der Waals surface area contributed by atoms with Crippen LogP contribution >= 0.6 is 0 Å². The maximum atomic E-state index is 14.5. The first-order valence-corrected chi connectivity index (χ1v) is 18.6. The van der Waals surface area contributed by atoms with Gasteiger partial charge in [-0.15, -0.1) is 0 Å². The highest BCUT2D eigenvalue weighted by Crippen LogP contribution is 2.49. The number of benzene rings is 3. The minimum Gasteiger partial charge on any atom is -0.393 e. The molecule has 50 heavy (non-hydrogen) atoms. The van der Waals surface area contributed by atoms with Crippen LogP contribution in [0.3, 0.4) is 0 Å². The van der Waals surface area contributed by atoms with E-state index in [4.69, 9.17) is 9.47 Å². The second-order valence-electron chi connectivity index (χ2n) is 13.6. The van der Waals surface area contributed by atoms with E-state index >= 15 is 0 Å². The van der Waals surface area contributed by atoms with Crippen LogP contribution in [0.25, 0.3) is 0 Å². The van der Waals surface area contributed by atoms with Gasteiger partial charge in [0.2, 0.25) is 5.91 Å². The molecule has 13 heteroatoms. The van der Waals surface area contributed by atoms with Crippen molar-refractivity contribution in [3.63, 3.8) is 0 Å². The molecule has 7 atom stereocenters. The van der Waals surface area contributed by atoms with E-state index in [2.05, 4.69) is 0 Å². The summed E-state index contributed by atoms with van der Waals surface area (Å²) in [5, 5.41) is 41.7. The summed E-state index contributed by atoms with van der Waals surface area (Å²) in [7, 11) is -2.91. The van der Waals surface area contributed by atoms with Crippen LogP contribution < -0.4 is 4.90 Å². The topological polar surface area (TPSA) is 154 Å². The van der Waals surface area contributed by atoms with Crippen molar-refractivity contribution in [3.05, 3.63) is 95.1 Å². The third-order valence-electron chi connectivity index (χ3n) is 10.3. The van der Waals surface area contributed by atoms with Crippen LogP contribution in [0.15, 0.2) is 71.6 Å². The highest BCUT2D eigenvalue weighted by atomic mass is 32.2. The molecule has 2 aliphatic heterocycles. The van der Waals surface area contributed by atoms with Crippen molar-refractivity contribution in [3.8, 4) is 0 Å². The third-order valence-corrected chi connectivity index (χ3v) is 12.2. The Morgan fingerprint density at radius 3 is 2.22 bits per heavy atom. The van der Waals surface area contributed by atoms with Crippen molar-refractivity contribution in [1.82, 2.24) is 0 Å². The van der Waals surface area contributed by atoms with Crippen molar-refractivity contribution >= 4 is 21.4 Å². The van der Waals surface area contributed by atoms with E-state index in [1.165, 1.54) is 60.5 Å². The first kappa shape index (κ1) is 36.5. The Labute approximate surface area is 290 Å². The molecule has 1 amide bonds. The van der Waals surface area contributed by atoms with Gasteiger partial charge in [-0.25, -0.2) is 17.2 Å². The van der Waals surface area contributed by atoms with Crippen molar-refractivity contribution in [2.45, 2.75) is 98.6 Å². The molecular formula is C37H43F2NO9S. The Balaban J connectivity index is 1.38. The average Bonchev–Trinajstić information content (AvgIpc) is 3.09. The van der Waals surface area contributed by atoms with Crippen LogP contribution in [0.1, 0.15) is 79.7 Å². The number of methoxy groups -OCH3 is 1. The van der Waals surface area contributed by atoms with Crippen molar-refractivity contribution in [2.75, 3.05) is 17.8 Å². The number of aliphatic hydroxyl groups excluding tert-OH is 4. The molecule has 3 aromatic carbocycles. The fourth-order valence-electron chi connectivity index (χ4n) is 7.54. The summed E-state index contributed by atoms with van der Waals surface area (Å²) in [5.74, 6) is -2.56. The molecule has 0 radical (unpaired) electrons. The zero-order valence-corrected chi connectivity index (χ0v) is 28.5. The molecule has 270 valence electrons. The SMILES string of the molecule is CO[C@@H]1OC(CS(=O)(=O)c2cc(C3CCC(O)CC3)ccc2[C@@H]2[C@@H](CC[C@H](O)c3ccc(F)cc3)C(=O)N2c2ccc(F)cc2)C[C@@H](O)[C@@H]1O. The Morgan fingerprint density at radius 2 is 1.58 bits per heavy atom. The molecule has 4 N–H and O–H groups in total. The van der Waals surface area contributed by atoms with E-state index in [-0.39, 0.29) is 36.0 Å². The quantitative estimate of drug-likeness (QED) is 0.211. The summed E-state index contributed by atoms with van der Waals surface area (Å²) < 4.78 is 67.3. The number of rotatable bonds is 11. The lowest BCUT2D eigenvalue weighted by molar-refractivity contribution is -0.253. The van der Waals surface area contributed by atoms with Gasteiger partial charge in [0.05, 0.1) is 47.0 Å². The number of carbonyl (C=O) groups excluding carboxylic acids is 1. The predicted molar refractivity (Wildman–Crippen MR) is 179 cm³/mol. The molecular weight excluding hydrogens is 672 g/mol. The largest absolute Gasteiger partial charge is 0.393 e. The van der Waals surface area contributed by atoms with Gasteiger partial charge in [-0.1, -0.05) is 24.3 Å². The fraction of sp³-hybridized carbons (Fsp3) is 0.486. The van der Waals surface area contributed by atoms with Gasteiger partial charge < -0.3 is 34.8 Å². The van der Waals surface area contributed by atoms with Crippen LogP contribution in [-0.4, -0.2) is 78.3 Å². The van der Waals surface area contributed by atoms with Gasteiger partial charge in [0.15, 0.2) is 16.1 Å². The number of hydrogen-bond acceptors (Lipinski definition) is 9. The minimum absolute atomic E-state index is 0.0000454. The molecule has 3 aliphatic rings. The Kier molecular flexibility index (Phi) is 11.0. The zero-order chi connectivity index (χ0) is 35.7. The molecule has 10 nitrogen and oxygen atoms in total. The molecule has 1 aliphatic carbocycles. The van der Waals surface area contributed by atoms with Crippen LogP contribution in [0.4, 0.5) is 14.5 Å². The Hall–Kier alpha value is -3.30. The maximum Gasteiger partial charge on any atom is 0.233 e. The number of sulfone groups is 1. The van der Waals surface area contributed by atoms with Gasteiger partial charge >= 0.3 is 0 Å². The van der Waals surface area contributed by atoms with Crippen molar-refractivity contribution in [1.29, 1.82) is 0 Å². The van der Waals surface area contributed by atoms with Gasteiger partial charge in [-0.2, -0.15) is 0 Å². The van der Waals surface area contributed by atoms with E-state index in [0.29, 0.717) is 42.5 Å². The molecule has 0 aromatic heterocycles. The monoisotopic (exact) mass is 715 g/mol. The molecule has 0 bridgehead atoms. The summed E-state index contributed by atoms with van der Waals surface area (Å²) in [6, 6.07) is 15.1. The van der Waals surface area contributed by atoms with E-state index in [0.717, 1.165) is 5.56 Å². The smallest absolute Gasteiger partial charge is 0.233 e.